The molecule has 1 saturated carbocycles. The van der Waals surface area contributed by atoms with Crippen molar-refractivity contribution < 1.29 is 9.90 Å². The lowest BCUT2D eigenvalue weighted by molar-refractivity contribution is 0.0696. The number of rotatable bonds is 3. The molecule has 2 rings (SSSR count). The monoisotopic (exact) mass is 292 g/mol. The van der Waals surface area contributed by atoms with Gasteiger partial charge >= 0.3 is 5.97 Å². The van der Waals surface area contributed by atoms with Gasteiger partial charge in [-0.1, -0.05) is 6.42 Å². The van der Waals surface area contributed by atoms with Gasteiger partial charge in [-0.2, -0.15) is 5.10 Å². The van der Waals surface area contributed by atoms with Crippen molar-refractivity contribution in [2.75, 3.05) is 0 Å². The molecule has 1 aromatic rings. The summed E-state index contributed by atoms with van der Waals surface area (Å²) in [6, 6.07) is 3.09. The maximum atomic E-state index is 11.0. The summed E-state index contributed by atoms with van der Waals surface area (Å²) in [6.45, 7) is 0. The molecular formula is C13H16N4O2S. The van der Waals surface area contributed by atoms with E-state index < -0.39 is 5.97 Å². The Morgan fingerprint density at radius 2 is 2.35 bits per heavy atom. The van der Waals surface area contributed by atoms with Crippen molar-refractivity contribution in [2.45, 2.75) is 31.6 Å². The van der Waals surface area contributed by atoms with Crippen molar-refractivity contribution >= 4 is 29.0 Å². The van der Waals surface area contributed by atoms with E-state index in [2.05, 4.69) is 15.5 Å². The van der Waals surface area contributed by atoms with E-state index in [-0.39, 0.29) is 16.6 Å². The van der Waals surface area contributed by atoms with Crippen LogP contribution in [0.15, 0.2) is 23.4 Å². The number of aromatic nitrogens is 1. The van der Waals surface area contributed by atoms with Gasteiger partial charge in [0.1, 0.15) is 0 Å². The Hall–Kier alpha value is -2.02. The molecule has 106 valence electrons. The first-order chi connectivity index (χ1) is 9.58. The Labute approximate surface area is 122 Å². The molecule has 0 aliphatic heterocycles. The predicted octanol–water partition coefficient (Wildman–Crippen LogP) is 1.63. The number of carboxylic acid groups (broad SMARTS) is 1. The Kier molecular flexibility index (Phi) is 4.62. The molecule has 1 aromatic heterocycles. The summed E-state index contributed by atoms with van der Waals surface area (Å²) in [5.41, 5.74) is 9.87. The highest BCUT2D eigenvalue weighted by Gasteiger charge is 2.24. The lowest BCUT2D eigenvalue weighted by atomic mass is 9.84. The summed E-state index contributed by atoms with van der Waals surface area (Å²) in [7, 11) is 0. The standard InChI is InChI=1S/C13H16N4O2S/c14-13(20)17-16-10-4-2-1-3-9(10)11-7-8(12(18)19)5-6-15-11/h5-7,9H,1-4H2,(H,18,19)(H3,14,17,20)/b16-10+. The number of hydrogen-bond donors (Lipinski definition) is 3. The number of thiocarbonyl (C=S) groups is 1. The third-order valence-corrected chi connectivity index (χ3v) is 3.36. The quantitative estimate of drug-likeness (QED) is 0.578. The number of nitrogens with two attached hydrogens (primary N) is 1. The molecule has 4 N–H and O–H groups in total. The highest BCUT2D eigenvalue weighted by molar-refractivity contribution is 7.80. The summed E-state index contributed by atoms with van der Waals surface area (Å²) in [5.74, 6) is -0.936. The second-order valence-electron chi connectivity index (χ2n) is 4.65. The fourth-order valence-electron chi connectivity index (χ4n) is 2.35. The number of hydrogen-bond acceptors (Lipinski definition) is 4. The van der Waals surface area contributed by atoms with Crippen molar-refractivity contribution in [2.24, 2.45) is 10.8 Å². The van der Waals surface area contributed by atoms with E-state index >= 15 is 0 Å². The smallest absolute Gasteiger partial charge is 0.335 e. The zero-order chi connectivity index (χ0) is 14.5. The van der Waals surface area contributed by atoms with E-state index in [0.29, 0.717) is 0 Å². The van der Waals surface area contributed by atoms with E-state index in [1.54, 1.807) is 6.07 Å². The minimum Gasteiger partial charge on any atom is -0.478 e. The summed E-state index contributed by atoms with van der Waals surface area (Å²) in [5, 5.41) is 13.4. The van der Waals surface area contributed by atoms with Gasteiger partial charge in [-0.15, -0.1) is 0 Å². The minimum absolute atomic E-state index is 0.0184. The van der Waals surface area contributed by atoms with E-state index in [1.165, 1.54) is 12.3 Å². The number of carboxylic acids is 1. The summed E-state index contributed by atoms with van der Waals surface area (Å²) < 4.78 is 0. The molecule has 0 aromatic carbocycles. The molecule has 7 heteroatoms. The van der Waals surface area contributed by atoms with Gasteiger partial charge in [0.15, 0.2) is 5.11 Å². The Morgan fingerprint density at radius 1 is 1.55 bits per heavy atom. The van der Waals surface area contributed by atoms with Gasteiger partial charge in [-0.25, -0.2) is 4.79 Å². The van der Waals surface area contributed by atoms with Gasteiger partial charge < -0.3 is 10.8 Å². The SMILES string of the molecule is NC(=S)N/N=C1\CCCCC1c1cc(C(=O)O)ccn1. The number of nitrogens with zero attached hydrogens (tertiary/aromatic N) is 2. The Morgan fingerprint density at radius 3 is 3.05 bits per heavy atom. The van der Waals surface area contributed by atoms with Crippen molar-refractivity contribution in [1.82, 2.24) is 10.4 Å². The van der Waals surface area contributed by atoms with E-state index in [9.17, 15) is 4.79 Å². The van der Waals surface area contributed by atoms with Crippen molar-refractivity contribution in [3.05, 3.63) is 29.6 Å². The van der Waals surface area contributed by atoms with Crippen LogP contribution in [0.4, 0.5) is 0 Å². The van der Waals surface area contributed by atoms with Crippen molar-refractivity contribution in [1.29, 1.82) is 0 Å². The lowest BCUT2D eigenvalue weighted by Gasteiger charge is -2.23. The van der Waals surface area contributed by atoms with Gasteiger partial charge in [0, 0.05) is 23.5 Å². The van der Waals surface area contributed by atoms with Crippen LogP contribution < -0.4 is 11.2 Å². The summed E-state index contributed by atoms with van der Waals surface area (Å²) in [4.78, 5) is 15.3. The van der Waals surface area contributed by atoms with Crippen molar-refractivity contribution in [3.63, 3.8) is 0 Å². The molecule has 6 nitrogen and oxygen atoms in total. The molecule has 0 bridgehead atoms. The fraction of sp³-hybridized carbons (Fsp3) is 0.385. The van der Waals surface area contributed by atoms with Gasteiger partial charge in [0.05, 0.1) is 5.56 Å². The van der Waals surface area contributed by atoms with E-state index in [1.807, 2.05) is 0 Å². The molecule has 1 atom stereocenters. The first kappa shape index (κ1) is 14.4. The van der Waals surface area contributed by atoms with Gasteiger partial charge in [-0.05, 0) is 43.6 Å². The largest absolute Gasteiger partial charge is 0.478 e. The van der Waals surface area contributed by atoms with Crippen LogP contribution >= 0.6 is 12.2 Å². The highest BCUT2D eigenvalue weighted by atomic mass is 32.1. The third-order valence-electron chi connectivity index (χ3n) is 3.27. The molecule has 0 spiro atoms. The number of pyridine rings is 1. The van der Waals surface area contributed by atoms with Gasteiger partial charge in [0.25, 0.3) is 0 Å². The second-order valence-corrected chi connectivity index (χ2v) is 5.09. The maximum absolute atomic E-state index is 11.0. The molecule has 0 saturated heterocycles. The van der Waals surface area contributed by atoms with Crippen LogP contribution in [-0.4, -0.2) is 26.9 Å². The summed E-state index contributed by atoms with van der Waals surface area (Å²) in [6.07, 6.45) is 5.36. The molecule has 0 radical (unpaired) electrons. The second kappa shape index (κ2) is 6.42. The molecule has 1 unspecified atom stereocenters. The topological polar surface area (TPSA) is 101 Å². The molecule has 1 fully saturated rings. The lowest BCUT2D eigenvalue weighted by Crippen LogP contribution is -2.28. The first-order valence-corrected chi connectivity index (χ1v) is 6.80. The van der Waals surface area contributed by atoms with Crippen LogP contribution in [0, 0.1) is 0 Å². The van der Waals surface area contributed by atoms with Crippen LogP contribution in [0.2, 0.25) is 0 Å². The number of carbonyl (C=O) groups is 1. The summed E-state index contributed by atoms with van der Waals surface area (Å²) >= 11 is 4.74. The number of hydrazone groups is 1. The molecule has 1 aliphatic carbocycles. The molecule has 1 heterocycles. The van der Waals surface area contributed by atoms with E-state index in [4.69, 9.17) is 23.1 Å². The van der Waals surface area contributed by atoms with Crippen LogP contribution in [0.5, 0.6) is 0 Å². The third kappa shape index (κ3) is 3.51. The zero-order valence-electron chi connectivity index (χ0n) is 10.9. The van der Waals surface area contributed by atoms with Crippen LogP contribution in [0.25, 0.3) is 0 Å². The van der Waals surface area contributed by atoms with E-state index in [0.717, 1.165) is 37.1 Å². The van der Waals surface area contributed by atoms with Gasteiger partial charge in [-0.3, -0.25) is 10.4 Å². The van der Waals surface area contributed by atoms with Crippen molar-refractivity contribution in [3.8, 4) is 0 Å². The molecular weight excluding hydrogens is 276 g/mol. The Bertz CT molecular complexity index is 559. The maximum Gasteiger partial charge on any atom is 0.335 e. The number of nitrogens with one attached hydrogen (secondary N) is 1. The van der Waals surface area contributed by atoms with Crippen LogP contribution in [0.3, 0.4) is 0 Å². The number of aromatic carboxylic acids is 1. The minimum atomic E-state index is -0.954. The van der Waals surface area contributed by atoms with Gasteiger partial charge in [0.2, 0.25) is 0 Å². The zero-order valence-corrected chi connectivity index (χ0v) is 11.7. The molecule has 0 amide bonds. The predicted molar refractivity (Wildman–Crippen MR) is 79.8 cm³/mol. The van der Waals surface area contributed by atoms with Crippen LogP contribution in [0.1, 0.15) is 47.7 Å². The normalized spacial score (nSPS) is 20.6. The van der Waals surface area contributed by atoms with Crippen LogP contribution in [-0.2, 0) is 0 Å². The molecule has 1 aliphatic rings. The first-order valence-electron chi connectivity index (χ1n) is 6.39. The highest BCUT2D eigenvalue weighted by Crippen LogP contribution is 2.30. The fourth-order valence-corrected chi connectivity index (χ4v) is 2.39. The average molecular weight is 292 g/mol. The molecule has 20 heavy (non-hydrogen) atoms. The average Bonchev–Trinajstić information content (AvgIpc) is 2.45. The Balaban J connectivity index is 2.27.